The van der Waals surface area contributed by atoms with Crippen LogP contribution in [0.1, 0.15) is 22.7 Å². The molecule has 0 N–H and O–H groups in total. The molecule has 0 radical (unpaired) electrons. The first-order chi connectivity index (χ1) is 11.8. The minimum Gasteiger partial charge on any atom is -0.378 e. The molecule has 5 heteroatoms. The first kappa shape index (κ1) is 17.8. The number of hydrogen-bond donors (Lipinski definition) is 0. The number of aliphatic imine (C=N–C) groups is 1. The summed E-state index contributed by atoms with van der Waals surface area (Å²) in [7, 11) is 2.14. The number of rotatable bonds is 1. The van der Waals surface area contributed by atoms with Crippen LogP contribution in [0.3, 0.4) is 0 Å². The lowest BCUT2D eigenvalue weighted by Crippen LogP contribution is -2.47. The van der Waals surface area contributed by atoms with Crippen LogP contribution in [-0.4, -0.2) is 49.1 Å². The van der Waals surface area contributed by atoms with Gasteiger partial charge in [0.25, 0.3) is 0 Å². The van der Waals surface area contributed by atoms with Gasteiger partial charge in [-0.3, -0.25) is 0 Å². The Kier molecular flexibility index (Phi) is 5.61. The van der Waals surface area contributed by atoms with Crippen LogP contribution >= 0.6 is 12.4 Å². The van der Waals surface area contributed by atoms with Gasteiger partial charge in [0.15, 0.2) is 5.96 Å². The summed E-state index contributed by atoms with van der Waals surface area (Å²) in [5.41, 5.74) is 3.89. The second-order valence-electron chi connectivity index (χ2n) is 6.40. The summed E-state index contributed by atoms with van der Waals surface area (Å²) in [5, 5.41) is 0. The highest BCUT2D eigenvalue weighted by Crippen LogP contribution is 2.32. The number of morpholine rings is 1. The minimum absolute atomic E-state index is 0. The highest BCUT2D eigenvalue weighted by molar-refractivity contribution is 5.85. The number of hydrogen-bond acceptors (Lipinski definition) is 4. The van der Waals surface area contributed by atoms with Crippen LogP contribution in [0.25, 0.3) is 0 Å². The maximum atomic E-state index is 5.52. The molecule has 1 atom stereocenters. The highest BCUT2D eigenvalue weighted by Gasteiger charge is 2.27. The summed E-state index contributed by atoms with van der Waals surface area (Å²) in [6.45, 7) is 4.24. The summed E-state index contributed by atoms with van der Waals surface area (Å²) in [4.78, 5) is 9.83. The molecule has 2 aliphatic heterocycles. The standard InChI is InChI=1S/C20H23N3O.ClH/c1-22-15-17-9-5-6-10-18(17)19(16-7-3-2-4-8-16)21-20(22)23-11-13-24-14-12-23;/h2-10,19H,11-15H2,1H3;1H. The number of nitrogens with zero attached hydrogens (tertiary/aromatic N) is 3. The number of benzene rings is 2. The van der Waals surface area contributed by atoms with Crippen molar-refractivity contribution in [2.45, 2.75) is 12.6 Å². The normalized spacial score (nSPS) is 20.2. The second-order valence-corrected chi connectivity index (χ2v) is 6.40. The van der Waals surface area contributed by atoms with E-state index in [0.29, 0.717) is 0 Å². The fourth-order valence-corrected chi connectivity index (χ4v) is 3.53. The molecule has 2 aromatic rings. The molecule has 1 saturated heterocycles. The van der Waals surface area contributed by atoms with Gasteiger partial charge in [0.1, 0.15) is 6.04 Å². The van der Waals surface area contributed by atoms with Crippen molar-refractivity contribution in [1.82, 2.24) is 9.80 Å². The Balaban J connectivity index is 0.00000182. The largest absolute Gasteiger partial charge is 0.378 e. The molecule has 25 heavy (non-hydrogen) atoms. The van der Waals surface area contributed by atoms with Gasteiger partial charge in [-0.05, 0) is 16.7 Å². The Labute approximate surface area is 155 Å². The quantitative estimate of drug-likeness (QED) is 0.783. The van der Waals surface area contributed by atoms with E-state index in [2.05, 4.69) is 71.4 Å². The molecule has 1 unspecified atom stereocenters. The van der Waals surface area contributed by atoms with Gasteiger partial charge in [-0.2, -0.15) is 0 Å². The summed E-state index contributed by atoms with van der Waals surface area (Å²) < 4.78 is 5.52. The molecule has 4 rings (SSSR count). The molecule has 132 valence electrons. The Morgan fingerprint density at radius 2 is 1.64 bits per heavy atom. The van der Waals surface area contributed by atoms with E-state index < -0.39 is 0 Å². The fourth-order valence-electron chi connectivity index (χ4n) is 3.53. The van der Waals surface area contributed by atoms with Crippen molar-refractivity contribution in [2.24, 2.45) is 4.99 Å². The van der Waals surface area contributed by atoms with E-state index in [1.165, 1.54) is 16.7 Å². The van der Waals surface area contributed by atoms with Gasteiger partial charge in [0, 0.05) is 26.7 Å². The van der Waals surface area contributed by atoms with Gasteiger partial charge < -0.3 is 14.5 Å². The van der Waals surface area contributed by atoms with Gasteiger partial charge in [0.2, 0.25) is 0 Å². The zero-order valence-corrected chi connectivity index (χ0v) is 15.3. The average molecular weight is 358 g/mol. The predicted molar refractivity (Wildman–Crippen MR) is 103 cm³/mol. The van der Waals surface area contributed by atoms with Crippen molar-refractivity contribution in [3.63, 3.8) is 0 Å². The SMILES string of the molecule is CN1Cc2ccccc2C(c2ccccc2)N=C1N1CCOCC1.Cl. The Morgan fingerprint density at radius 1 is 0.960 bits per heavy atom. The number of halogens is 1. The van der Waals surface area contributed by atoms with Crippen molar-refractivity contribution in [3.8, 4) is 0 Å². The van der Waals surface area contributed by atoms with E-state index in [-0.39, 0.29) is 18.4 Å². The molecular weight excluding hydrogens is 334 g/mol. The third-order valence-electron chi connectivity index (χ3n) is 4.75. The number of guanidine groups is 1. The monoisotopic (exact) mass is 357 g/mol. The molecule has 0 saturated carbocycles. The third-order valence-corrected chi connectivity index (χ3v) is 4.75. The maximum absolute atomic E-state index is 5.52. The fraction of sp³-hybridized carbons (Fsp3) is 0.350. The molecule has 2 aromatic carbocycles. The van der Waals surface area contributed by atoms with Gasteiger partial charge in [-0.1, -0.05) is 54.6 Å². The molecule has 0 amide bonds. The molecule has 2 aliphatic rings. The van der Waals surface area contributed by atoms with E-state index in [9.17, 15) is 0 Å². The summed E-state index contributed by atoms with van der Waals surface area (Å²) >= 11 is 0. The smallest absolute Gasteiger partial charge is 0.197 e. The Hall–Kier alpha value is -2.04. The van der Waals surface area contributed by atoms with Crippen LogP contribution in [0.4, 0.5) is 0 Å². The van der Waals surface area contributed by atoms with Gasteiger partial charge in [0.05, 0.1) is 13.2 Å². The van der Waals surface area contributed by atoms with Crippen LogP contribution in [0.15, 0.2) is 59.6 Å². The van der Waals surface area contributed by atoms with Gasteiger partial charge in [-0.15, -0.1) is 12.4 Å². The first-order valence-electron chi connectivity index (χ1n) is 8.57. The molecule has 1 fully saturated rings. The summed E-state index contributed by atoms with van der Waals surface area (Å²) in [6.07, 6.45) is 0. The molecule has 0 bridgehead atoms. The Bertz CT molecular complexity index is 729. The van der Waals surface area contributed by atoms with E-state index in [0.717, 1.165) is 38.8 Å². The van der Waals surface area contributed by atoms with E-state index in [1.54, 1.807) is 0 Å². The second kappa shape index (κ2) is 7.89. The predicted octanol–water partition coefficient (Wildman–Crippen LogP) is 3.33. The molecule has 2 heterocycles. The topological polar surface area (TPSA) is 28.1 Å². The summed E-state index contributed by atoms with van der Waals surface area (Å²) in [6, 6.07) is 19.3. The first-order valence-corrected chi connectivity index (χ1v) is 8.57. The molecule has 0 aliphatic carbocycles. The zero-order valence-electron chi connectivity index (χ0n) is 14.5. The van der Waals surface area contributed by atoms with Crippen LogP contribution in [0.2, 0.25) is 0 Å². The molecule has 0 spiro atoms. The minimum atomic E-state index is 0. The van der Waals surface area contributed by atoms with E-state index in [4.69, 9.17) is 9.73 Å². The van der Waals surface area contributed by atoms with Crippen molar-refractivity contribution in [1.29, 1.82) is 0 Å². The number of fused-ring (bicyclic) bond motifs is 1. The zero-order chi connectivity index (χ0) is 16.4. The summed E-state index contributed by atoms with van der Waals surface area (Å²) in [5.74, 6) is 1.07. The van der Waals surface area contributed by atoms with Crippen LogP contribution in [0.5, 0.6) is 0 Å². The van der Waals surface area contributed by atoms with Gasteiger partial charge >= 0.3 is 0 Å². The molecule has 4 nitrogen and oxygen atoms in total. The average Bonchev–Trinajstić information content (AvgIpc) is 2.79. The van der Waals surface area contributed by atoms with Crippen molar-refractivity contribution >= 4 is 18.4 Å². The van der Waals surface area contributed by atoms with Crippen molar-refractivity contribution < 1.29 is 4.74 Å². The van der Waals surface area contributed by atoms with Crippen LogP contribution in [-0.2, 0) is 11.3 Å². The van der Waals surface area contributed by atoms with Crippen molar-refractivity contribution in [3.05, 3.63) is 71.3 Å². The van der Waals surface area contributed by atoms with Crippen LogP contribution in [0, 0.1) is 0 Å². The molecular formula is C20H24ClN3O. The third kappa shape index (κ3) is 3.65. The number of ether oxygens (including phenoxy) is 1. The van der Waals surface area contributed by atoms with E-state index >= 15 is 0 Å². The lowest BCUT2D eigenvalue weighted by molar-refractivity contribution is 0.0627. The lowest BCUT2D eigenvalue weighted by atomic mass is 9.95. The lowest BCUT2D eigenvalue weighted by Gasteiger charge is -2.34. The van der Waals surface area contributed by atoms with E-state index in [1.807, 2.05) is 0 Å². The van der Waals surface area contributed by atoms with Crippen LogP contribution < -0.4 is 0 Å². The maximum Gasteiger partial charge on any atom is 0.197 e. The Morgan fingerprint density at radius 3 is 2.40 bits per heavy atom. The van der Waals surface area contributed by atoms with Gasteiger partial charge in [-0.25, -0.2) is 4.99 Å². The van der Waals surface area contributed by atoms with Crippen molar-refractivity contribution in [2.75, 3.05) is 33.4 Å². The molecule has 0 aromatic heterocycles. The highest BCUT2D eigenvalue weighted by atomic mass is 35.5.